The summed E-state index contributed by atoms with van der Waals surface area (Å²) in [6.45, 7) is 6.33. The number of nitrogens with zero attached hydrogens (tertiary/aromatic N) is 4. The molecule has 0 bridgehead atoms. The molecule has 0 aliphatic rings. The van der Waals surface area contributed by atoms with Crippen LogP contribution in [-0.2, 0) is 6.42 Å². The van der Waals surface area contributed by atoms with E-state index < -0.39 is 0 Å². The zero-order chi connectivity index (χ0) is 13.4. The average molecular weight is 255 g/mol. The molecule has 0 unspecified atom stereocenters. The highest BCUT2D eigenvalue weighted by molar-refractivity contribution is 5.99. The van der Waals surface area contributed by atoms with Gasteiger partial charge in [-0.25, -0.2) is 9.66 Å². The maximum Gasteiger partial charge on any atom is 0.128 e. The Morgan fingerprint density at radius 2 is 2.11 bits per heavy atom. The minimum atomic E-state index is 0.328. The van der Waals surface area contributed by atoms with Crippen LogP contribution in [0.3, 0.4) is 0 Å². The first kappa shape index (κ1) is 11.9. The molecule has 0 amide bonds. The second kappa shape index (κ2) is 4.50. The van der Waals surface area contributed by atoms with Crippen LogP contribution >= 0.6 is 0 Å². The van der Waals surface area contributed by atoms with Crippen LogP contribution < -0.4 is 5.43 Å². The molecule has 0 aliphatic heterocycles. The molecule has 0 aromatic carbocycles. The number of fused-ring (bicyclic) bond motifs is 3. The van der Waals surface area contributed by atoms with Crippen molar-refractivity contribution in [3.05, 3.63) is 30.4 Å². The second-order valence-corrected chi connectivity index (χ2v) is 4.86. The van der Waals surface area contributed by atoms with Gasteiger partial charge in [0.1, 0.15) is 22.4 Å². The van der Waals surface area contributed by atoms with Gasteiger partial charge < -0.3 is 5.43 Å². The highest BCUT2D eigenvalue weighted by Gasteiger charge is 2.14. The Labute approximate surface area is 111 Å². The zero-order valence-electron chi connectivity index (χ0n) is 11.4. The molecule has 0 saturated carbocycles. The third-order valence-corrected chi connectivity index (χ3v) is 3.01. The van der Waals surface area contributed by atoms with Crippen LogP contribution in [0.4, 0.5) is 0 Å². The van der Waals surface area contributed by atoms with Crippen molar-refractivity contribution in [1.29, 1.82) is 0 Å². The van der Waals surface area contributed by atoms with Crippen molar-refractivity contribution in [3.63, 3.8) is 0 Å². The summed E-state index contributed by atoms with van der Waals surface area (Å²) in [6, 6.07) is 4.20. The first-order chi connectivity index (χ1) is 9.20. The summed E-state index contributed by atoms with van der Waals surface area (Å²) in [7, 11) is 0. The Kier molecular flexibility index (Phi) is 2.81. The fourth-order valence-corrected chi connectivity index (χ4v) is 2.25. The number of pyridine rings is 2. The van der Waals surface area contributed by atoms with Gasteiger partial charge in [0, 0.05) is 18.7 Å². The van der Waals surface area contributed by atoms with Gasteiger partial charge in [0.25, 0.3) is 0 Å². The van der Waals surface area contributed by atoms with Crippen LogP contribution in [0, 0.1) is 0 Å². The van der Waals surface area contributed by atoms with Crippen LogP contribution in [0.25, 0.3) is 22.1 Å². The van der Waals surface area contributed by atoms with Gasteiger partial charge >= 0.3 is 0 Å². The summed E-state index contributed by atoms with van der Waals surface area (Å²) < 4.78 is 2.05. The SMILES string of the molecule is CCc1nc2cnc3cccnc3c2n1NC(C)C. The molecule has 5 heteroatoms. The number of imidazole rings is 1. The van der Waals surface area contributed by atoms with E-state index in [-0.39, 0.29) is 0 Å². The van der Waals surface area contributed by atoms with Gasteiger partial charge in [-0.05, 0) is 26.0 Å². The number of aromatic nitrogens is 4. The lowest BCUT2D eigenvalue weighted by Crippen LogP contribution is -2.24. The number of nitrogens with one attached hydrogen (secondary N) is 1. The molecule has 3 rings (SSSR count). The lowest BCUT2D eigenvalue weighted by molar-refractivity contribution is 0.715. The van der Waals surface area contributed by atoms with E-state index in [0.717, 1.165) is 34.3 Å². The predicted octanol–water partition coefficient (Wildman–Crippen LogP) is 2.49. The topological polar surface area (TPSA) is 55.6 Å². The van der Waals surface area contributed by atoms with Gasteiger partial charge in [0.2, 0.25) is 0 Å². The van der Waals surface area contributed by atoms with Crippen molar-refractivity contribution in [2.75, 3.05) is 5.43 Å². The quantitative estimate of drug-likeness (QED) is 0.781. The lowest BCUT2D eigenvalue weighted by atomic mass is 10.3. The van der Waals surface area contributed by atoms with E-state index in [2.05, 4.69) is 45.8 Å². The van der Waals surface area contributed by atoms with Gasteiger partial charge in [-0.2, -0.15) is 0 Å². The smallest absolute Gasteiger partial charge is 0.128 e. The van der Waals surface area contributed by atoms with Gasteiger partial charge in [-0.15, -0.1) is 0 Å². The van der Waals surface area contributed by atoms with Crippen LogP contribution in [0.15, 0.2) is 24.5 Å². The largest absolute Gasteiger partial charge is 0.322 e. The molecule has 3 aromatic heterocycles. The minimum Gasteiger partial charge on any atom is -0.322 e. The molecular formula is C14H17N5. The first-order valence-corrected chi connectivity index (χ1v) is 6.58. The summed E-state index contributed by atoms with van der Waals surface area (Å²) in [6.07, 6.45) is 4.47. The van der Waals surface area contributed by atoms with E-state index in [9.17, 15) is 0 Å². The fourth-order valence-electron chi connectivity index (χ4n) is 2.25. The van der Waals surface area contributed by atoms with Gasteiger partial charge in [0.05, 0.1) is 11.7 Å². The minimum absolute atomic E-state index is 0.328. The normalized spacial score (nSPS) is 11.6. The average Bonchev–Trinajstić information content (AvgIpc) is 2.76. The van der Waals surface area contributed by atoms with Crippen LogP contribution in [-0.4, -0.2) is 25.7 Å². The van der Waals surface area contributed by atoms with Crippen molar-refractivity contribution in [1.82, 2.24) is 19.6 Å². The first-order valence-electron chi connectivity index (χ1n) is 6.58. The second-order valence-electron chi connectivity index (χ2n) is 4.86. The molecule has 0 fully saturated rings. The Bertz CT molecular complexity index is 729. The third kappa shape index (κ3) is 1.91. The van der Waals surface area contributed by atoms with Gasteiger partial charge in [-0.1, -0.05) is 6.92 Å². The Hall–Kier alpha value is -2.17. The van der Waals surface area contributed by atoms with Crippen molar-refractivity contribution in [3.8, 4) is 0 Å². The maximum atomic E-state index is 4.63. The molecule has 3 heterocycles. The molecule has 0 saturated heterocycles. The molecule has 3 aromatic rings. The molecule has 5 nitrogen and oxygen atoms in total. The van der Waals surface area contributed by atoms with Gasteiger partial charge in [0.15, 0.2) is 0 Å². The highest BCUT2D eigenvalue weighted by Crippen LogP contribution is 2.22. The highest BCUT2D eigenvalue weighted by atomic mass is 15.4. The molecular weight excluding hydrogens is 238 g/mol. The van der Waals surface area contributed by atoms with Crippen LogP contribution in [0.2, 0.25) is 0 Å². The van der Waals surface area contributed by atoms with E-state index in [1.165, 1.54) is 0 Å². The Morgan fingerprint density at radius 3 is 2.84 bits per heavy atom. The number of hydrogen-bond acceptors (Lipinski definition) is 4. The molecule has 19 heavy (non-hydrogen) atoms. The number of aryl methyl sites for hydroxylation is 1. The standard InChI is InChI=1S/C14H17N5/c1-4-12-17-11-8-16-10-6-5-7-15-13(10)14(11)19(12)18-9(2)3/h5-9,18H,4H2,1-3H3. The van der Waals surface area contributed by atoms with Crippen molar-refractivity contribution in [2.45, 2.75) is 33.2 Å². The van der Waals surface area contributed by atoms with Crippen LogP contribution in [0.1, 0.15) is 26.6 Å². The molecule has 0 radical (unpaired) electrons. The monoisotopic (exact) mass is 255 g/mol. The number of hydrogen-bond donors (Lipinski definition) is 1. The fraction of sp³-hybridized carbons (Fsp3) is 0.357. The van der Waals surface area contributed by atoms with E-state index in [0.29, 0.717) is 6.04 Å². The maximum absolute atomic E-state index is 4.63. The van der Waals surface area contributed by atoms with E-state index in [1.54, 1.807) is 6.20 Å². The molecule has 0 aliphatic carbocycles. The van der Waals surface area contributed by atoms with Crippen molar-refractivity contribution >= 4 is 22.1 Å². The van der Waals surface area contributed by atoms with Crippen LogP contribution in [0.5, 0.6) is 0 Å². The number of rotatable bonds is 3. The van der Waals surface area contributed by atoms with Crippen molar-refractivity contribution in [2.24, 2.45) is 0 Å². The van der Waals surface area contributed by atoms with E-state index >= 15 is 0 Å². The van der Waals surface area contributed by atoms with Crippen molar-refractivity contribution < 1.29 is 0 Å². The third-order valence-electron chi connectivity index (χ3n) is 3.01. The Morgan fingerprint density at radius 1 is 1.26 bits per heavy atom. The van der Waals surface area contributed by atoms with E-state index in [1.807, 2.05) is 18.3 Å². The summed E-state index contributed by atoms with van der Waals surface area (Å²) >= 11 is 0. The summed E-state index contributed by atoms with van der Waals surface area (Å²) in [4.78, 5) is 13.5. The Balaban J connectivity index is 2.38. The predicted molar refractivity (Wildman–Crippen MR) is 76.7 cm³/mol. The summed E-state index contributed by atoms with van der Waals surface area (Å²) in [5.41, 5.74) is 7.10. The van der Waals surface area contributed by atoms with Gasteiger partial charge in [-0.3, -0.25) is 9.97 Å². The molecule has 98 valence electrons. The molecule has 0 spiro atoms. The summed E-state index contributed by atoms with van der Waals surface area (Å²) in [5, 5.41) is 0. The zero-order valence-corrected chi connectivity index (χ0v) is 11.4. The molecule has 0 atom stereocenters. The lowest BCUT2D eigenvalue weighted by Gasteiger charge is -2.14. The molecule has 1 N–H and O–H groups in total. The van der Waals surface area contributed by atoms with E-state index in [4.69, 9.17) is 0 Å². The summed E-state index contributed by atoms with van der Waals surface area (Å²) in [5.74, 6) is 1.00.